The highest BCUT2D eigenvalue weighted by Crippen LogP contribution is 2.14. The summed E-state index contributed by atoms with van der Waals surface area (Å²) in [5.74, 6) is -1.000. The van der Waals surface area contributed by atoms with Crippen molar-refractivity contribution in [2.45, 2.75) is 252 Å². The van der Waals surface area contributed by atoms with Gasteiger partial charge in [-0.05, 0) is 116 Å². The number of esters is 3. The molecule has 0 heterocycles. The van der Waals surface area contributed by atoms with Gasteiger partial charge in [0.25, 0.3) is 0 Å². The van der Waals surface area contributed by atoms with E-state index in [1.165, 1.54) is 70.6 Å². The molecule has 0 rings (SSSR count). The molecule has 1 unspecified atom stereocenters. The van der Waals surface area contributed by atoms with E-state index in [-0.39, 0.29) is 44.0 Å². The molecule has 0 fully saturated rings. The lowest BCUT2D eigenvalue weighted by Crippen LogP contribution is -2.30. The van der Waals surface area contributed by atoms with Crippen LogP contribution in [0.15, 0.2) is 134 Å². The Hall–Kier alpha value is -4.45. The first-order valence-electron chi connectivity index (χ1n) is 29.2. The molecular formula is C66H106O6. The first kappa shape index (κ1) is 67.5. The minimum absolute atomic E-state index is 0.111. The molecule has 0 aliphatic rings. The Bertz CT molecular complexity index is 1560. The Kier molecular flexibility index (Phi) is 55.5. The molecule has 406 valence electrons. The molecule has 0 aromatic heterocycles. The van der Waals surface area contributed by atoms with E-state index in [0.29, 0.717) is 12.8 Å². The van der Waals surface area contributed by atoms with Crippen LogP contribution in [0.25, 0.3) is 0 Å². The molecule has 0 aromatic carbocycles. The number of unbranched alkanes of at least 4 members (excludes halogenated alkanes) is 20. The number of carbonyl (C=O) groups excluding carboxylic acids is 3. The van der Waals surface area contributed by atoms with Crippen LogP contribution >= 0.6 is 0 Å². The number of ether oxygens (including phenoxy) is 3. The molecule has 0 saturated heterocycles. The Balaban J connectivity index is 4.54. The predicted molar refractivity (Wildman–Crippen MR) is 311 cm³/mol. The fourth-order valence-corrected chi connectivity index (χ4v) is 7.61. The molecule has 6 nitrogen and oxygen atoms in total. The Morgan fingerprint density at radius 3 is 1.01 bits per heavy atom. The average molecular weight is 996 g/mol. The average Bonchev–Trinajstić information content (AvgIpc) is 3.38. The molecule has 0 amide bonds. The summed E-state index contributed by atoms with van der Waals surface area (Å²) in [7, 11) is 0. The van der Waals surface area contributed by atoms with Crippen molar-refractivity contribution in [3.8, 4) is 0 Å². The van der Waals surface area contributed by atoms with Crippen molar-refractivity contribution in [1.82, 2.24) is 0 Å². The summed E-state index contributed by atoms with van der Waals surface area (Å²) in [5.41, 5.74) is 0. The van der Waals surface area contributed by atoms with Gasteiger partial charge >= 0.3 is 17.9 Å². The number of allylic oxidation sites excluding steroid dienone is 22. The van der Waals surface area contributed by atoms with Crippen LogP contribution in [0.5, 0.6) is 0 Å². The maximum Gasteiger partial charge on any atom is 0.306 e. The van der Waals surface area contributed by atoms with Crippen molar-refractivity contribution in [1.29, 1.82) is 0 Å². The van der Waals surface area contributed by atoms with Crippen LogP contribution in [0.3, 0.4) is 0 Å². The van der Waals surface area contributed by atoms with Gasteiger partial charge in [0.05, 0.1) is 0 Å². The van der Waals surface area contributed by atoms with Crippen molar-refractivity contribution in [3.05, 3.63) is 134 Å². The van der Waals surface area contributed by atoms with E-state index < -0.39 is 6.10 Å². The van der Waals surface area contributed by atoms with Gasteiger partial charge < -0.3 is 14.2 Å². The topological polar surface area (TPSA) is 78.9 Å². The first-order chi connectivity index (χ1) is 35.5. The van der Waals surface area contributed by atoms with Gasteiger partial charge in [-0.3, -0.25) is 14.4 Å². The normalized spacial score (nSPS) is 13.1. The Morgan fingerprint density at radius 1 is 0.306 bits per heavy atom. The van der Waals surface area contributed by atoms with E-state index in [2.05, 4.69) is 154 Å². The molecule has 6 heteroatoms. The molecule has 0 radical (unpaired) electrons. The summed E-state index contributed by atoms with van der Waals surface area (Å²) >= 11 is 0. The Labute approximate surface area is 443 Å². The number of rotatable bonds is 51. The van der Waals surface area contributed by atoms with Crippen molar-refractivity contribution in [2.75, 3.05) is 13.2 Å². The van der Waals surface area contributed by atoms with Crippen LogP contribution in [0.2, 0.25) is 0 Å². The van der Waals surface area contributed by atoms with Gasteiger partial charge in [-0.2, -0.15) is 0 Å². The standard InChI is InChI=1S/C66H106O6/c1-4-7-10-13-16-19-22-25-28-31-33-36-38-41-44-47-50-53-56-59-65(68)71-62-63(61-70-64(67)58-55-52-49-46-43-40-37-34-30-27-24-21-18-15-12-9-6-3)72-66(69)60-57-54-51-48-45-42-39-35-32-29-26-23-20-17-14-11-8-5-2/h7,9-10,12,16,18-19,21,23,25-30,32,35,37,39-40,46,49,63H,4-6,8,11,13-15,17,20,22,24,31,33-34,36,38,41-45,47-48,50-62H2,1-3H3/b10-7-,12-9-,19-16-,21-18-,26-23-,28-25-,30-27-,32-29-,39-35-,40-37-,49-46-. The molecule has 0 bridgehead atoms. The van der Waals surface area contributed by atoms with Crippen LogP contribution < -0.4 is 0 Å². The molecule has 0 aliphatic carbocycles. The van der Waals surface area contributed by atoms with E-state index in [4.69, 9.17) is 14.2 Å². The van der Waals surface area contributed by atoms with Crippen LogP contribution in [-0.2, 0) is 28.6 Å². The molecule has 1 atom stereocenters. The van der Waals surface area contributed by atoms with Crippen molar-refractivity contribution in [3.63, 3.8) is 0 Å². The molecular weight excluding hydrogens is 889 g/mol. The van der Waals surface area contributed by atoms with E-state index in [1.807, 2.05) is 0 Å². The molecule has 0 N–H and O–H groups in total. The second-order valence-corrected chi connectivity index (χ2v) is 18.8. The summed E-state index contributed by atoms with van der Waals surface area (Å²) < 4.78 is 16.8. The molecule has 0 spiro atoms. The third-order valence-corrected chi connectivity index (χ3v) is 11.9. The minimum Gasteiger partial charge on any atom is -0.462 e. The summed E-state index contributed by atoms with van der Waals surface area (Å²) in [6.45, 7) is 6.33. The zero-order valence-electron chi connectivity index (χ0n) is 46.4. The van der Waals surface area contributed by atoms with E-state index in [9.17, 15) is 14.4 Å². The molecule has 0 saturated carbocycles. The maximum atomic E-state index is 12.9. The number of hydrogen-bond acceptors (Lipinski definition) is 6. The molecule has 0 aliphatic heterocycles. The minimum atomic E-state index is -0.820. The van der Waals surface area contributed by atoms with Gasteiger partial charge in [0.15, 0.2) is 6.10 Å². The highest BCUT2D eigenvalue weighted by molar-refractivity contribution is 5.71. The molecule has 72 heavy (non-hydrogen) atoms. The number of hydrogen-bond donors (Lipinski definition) is 0. The monoisotopic (exact) mass is 995 g/mol. The summed E-state index contributed by atoms with van der Waals surface area (Å²) in [4.78, 5) is 38.2. The van der Waals surface area contributed by atoms with Crippen molar-refractivity contribution >= 4 is 17.9 Å². The van der Waals surface area contributed by atoms with Gasteiger partial charge in [0.1, 0.15) is 13.2 Å². The van der Waals surface area contributed by atoms with E-state index in [1.54, 1.807) is 0 Å². The highest BCUT2D eigenvalue weighted by atomic mass is 16.6. The van der Waals surface area contributed by atoms with E-state index in [0.717, 1.165) is 128 Å². The van der Waals surface area contributed by atoms with Crippen LogP contribution in [-0.4, -0.2) is 37.2 Å². The summed E-state index contributed by atoms with van der Waals surface area (Å²) in [6.07, 6.45) is 83.0. The second kappa shape index (κ2) is 59.1. The smallest absolute Gasteiger partial charge is 0.306 e. The largest absolute Gasteiger partial charge is 0.462 e. The third kappa shape index (κ3) is 56.5. The lowest BCUT2D eigenvalue weighted by molar-refractivity contribution is -0.167. The lowest BCUT2D eigenvalue weighted by Gasteiger charge is -2.18. The van der Waals surface area contributed by atoms with E-state index >= 15 is 0 Å². The summed E-state index contributed by atoms with van der Waals surface area (Å²) in [6, 6.07) is 0. The van der Waals surface area contributed by atoms with Crippen LogP contribution in [0.1, 0.15) is 245 Å². The van der Waals surface area contributed by atoms with Crippen molar-refractivity contribution in [2.24, 2.45) is 0 Å². The molecule has 0 aromatic rings. The van der Waals surface area contributed by atoms with Gasteiger partial charge in [-0.15, -0.1) is 0 Å². The summed E-state index contributed by atoms with van der Waals surface area (Å²) in [5, 5.41) is 0. The quantitative estimate of drug-likeness (QED) is 0.0199. The zero-order chi connectivity index (χ0) is 52.2. The van der Waals surface area contributed by atoms with Gasteiger partial charge in [0, 0.05) is 19.3 Å². The first-order valence-corrected chi connectivity index (χ1v) is 29.2. The van der Waals surface area contributed by atoms with Crippen LogP contribution in [0, 0.1) is 0 Å². The van der Waals surface area contributed by atoms with Crippen molar-refractivity contribution < 1.29 is 28.6 Å². The number of carbonyl (C=O) groups is 3. The lowest BCUT2D eigenvalue weighted by atomic mass is 10.1. The zero-order valence-corrected chi connectivity index (χ0v) is 46.4. The Morgan fingerprint density at radius 2 is 0.611 bits per heavy atom. The van der Waals surface area contributed by atoms with Gasteiger partial charge in [-0.1, -0.05) is 244 Å². The fourth-order valence-electron chi connectivity index (χ4n) is 7.61. The SMILES string of the molecule is CC/C=C\C/C=C\C/C=C\C/C=C\C/C=C\CCCC(=O)OCC(COC(=O)CCCCCCCCCCC/C=C\C/C=C\C/C=C\CC)OC(=O)CCCCCCC\C=C/C=C\C=C/CCCCCCC. The van der Waals surface area contributed by atoms with Gasteiger partial charge in [0.2, 0.25) is 0 Å². The maximum absolute atomic E-state index is 12.9. The third-order valence-electron chi connectivity index (χ3n) is 11.9. The second-order valence-electron chi connectivity index (χ2n) is 18.8. The fraction of sp³-hybridized carbons (Fsp3) is 0.621. The van der Waals surface area contributed by atoms with Gasteiger partial charge in [-0.25, -0.2) is 0 Å². The predicted octanol–water partition coefficient (Wildman–Crippen LogP) is 19.8. The van der Waals surface area contributed by atoms with Crippen LogP contribution in [0.4, 0.5) is 0 Å². The highest BCUT2D eigenvalue weighted by Gasteiger charge is 2.19.